The van der Waals surface area contributed by atoms with Crippen LogP contribution in [0.15, 0.2) is 53.2 Å². The van der Waals surface area contributed by atoms with E-state index in [1.54, 1.807) is 6.20 Å². The molecule has 0 saturated heterocycles. The number of hydrogen-bond donors (Lipinski definition) is 1. The number of alkyl halides is 3. The summed E-state index contributed by atoms with van der Waals surface area (Å²) < 4.78 is 57.6. The number of aromatic amines is 1. The van der Waals surface area contributed by atoms with Crippen molar-refractivity contribution in [2.24, 2.45) is 0 Å². The average Bonchev–Trinajstić information content (AvgIpc) is 3.22. The van der Waals surface area contributed by atoms with Gasteiger partial charge >= 0.3 is 6.18 Å². The molecule has 4 aromatic rings. The van der Waals surface area contributed by atoms with Gasteiger partial charge in [-0.3, -0.25) is 0 Å². The van der Waals surface area contributed by atoms with Crippen molar-refractivity contribution in [3.05, 3.63) is 71.4 Å². The Bertz CT molecular complexity index is 1080. The molecule has 0 fully saturated rings. The van der Waals surface area contributed by atoms with Gasteiger partial charge in [-0.1, -0.05) is 23.4 Å². The number of nitrogens with one attached hydrogen (secondary N) is 1. The number of fused-ring (bicyclic) bond motifs is 1. The molecule has 4 rings (SSSR count). The van der Waals surface area contributed by atoms with Crippen LogP contribution in [0.5, 0.6) is 0 Å². The maximum Gasteiger partial charge on any atom is 0.417 e. The van der Waals surface area contributed by atoms with Crippen molar-refractivity contribution in [3.8, 4) is 11.5 Å². The van der Waals surface area contributed by atoms with Crippen molar-refractivity contribution in [2.45, 2.75) is 12.6 Å². The summed E-state index contributed by atoms with van der Waals surface area (Å²) >= 11 is 0. The molecule has 0 amide bonds. The minimum Gasteiger partial charge on any atom is -0.361 e. The second-order valence-electron chi connectivity index (χ2n) is 5.74. The highest BCUT2D eigenvalue weighted by atomic mass is 19.4. The summed E-state index contributed by atoms with van der Waals surface area (Å²) in [6.07, 6.45) is -2.65. The Morgan fingerprint density at radius 3 is 2.69 bits per heavy atom. The quantitative estimate of drug-likeness (QED) is 0.525. The predicted molar refractivity (Wildman–Crippen MR) is 85.8 cm³/mol. The van der Waals surface area contributed by atoms with Crippen LogP contribution in [-0.2, 0) is 12.6 Å². The second-order valence-corrected chi connectivity index (χ2v) is 5.74. The molecule has 0 atom stereocenters. The minimum atomic E-state index is -4.73. The second kappa shape index (κ2) is 5.98. The molecule has 0 radical (unpaired) electrons. The molecule has 0 aliphatic rings. The van der Waals surface area contributed by atoms with Crippen molar-refractivity contribution in [2.75, 3.05) is 0 Å². The molecular weight excluding hydrogens is 350 g/mol. The van der Waals surface area contributed by atoms with Gasteiger partial charge in [-0.25, -0.2) is 4.39 Å². The fourth-order valence-corrected chi connectivity index (χ4v) is 2.82. The molecule has 0 aliphatic heterocycles. The molecule has 0 saturated carbocycles. The third-order valence-corrected chi connectivity index (χ3v) is 4.01. The molecule has 0 unspecified atom stereocenters. The van der Waals surface area contributed by atoms with Gasteiger partial charge in [0.1, 0.15) is 5.82 Å². The summed E-state index contributed by atoms with van der Waals surface area (Å²) in [7, 11) is 0. The van der Waals surface area contributed by atoms with E-state index >= 15 is 0 Å². The smallest absolute Gasteiger partial charge is 0.361 e. The van der Waals surface area contributed by atoms with Crippen LogP contribution in [-0.4, -0.2) is 15.1 Å². The molecule has 2 heterocycles. The number of hydrogen-bond acceptors (Lipinski definition) is 3. The maximum absolute atomic E-state index is 13.2. The Hall–Kier alpha value is -3.16. The van der Waals surface area contributed by atoms with Gasteiger partial charge in [0.05, 0.1) is 11.1 Å². The van der Waals surface area contributed by atoms with Crippen LogP contribution in [0.2, 0.25) is 0 Å². The highest BCUT2D eigenvalue weighted by Crippen LogP contribution is 2.37. The Morgan fingerprint density at radius 2 is 1.88 bits per heavy atom. The van der Waals surface area contributed by atoms with E-state index in [0.29, 0.717) is 6.07 Å². The standard InChI is InChI=1S/C18H11F4N3O/c19-11-5-6-13(14(8-11)18(20,21)22)17-24-16(25-26-17)7-10-9-23-15-4-2-1-3-12(10)15/h1-6,8-9,23H,7H2. The molecule has 2 aromatic heterocycles. The molecule has 1 N–H and O–H groups in total. The number of halogens is 4. The van der Waals surface area contributed by atoms with E-state index in [1.165, 1.54) is 0 Å². The first-order chi connectivity index (χ1) is 12.4. The van der Waals surface area contributed by atoms with E-state index in [0.717, 1.165) is 28.6 Å². The minimum absolute atomic E-state index is 0.238. The number of rotatable bonds is 3. The lowest BCUT2D eigenvalue weighted by Crippen LogP contribution is -2.08. The van der Waals surface area contributed by atoms with Gasteiger partial charge in [0.25, 0.3) is 5.89 Å². The molecule has 8 heteroatoms. The zero-order valence-electron chi connectivity index (χ0n) is 13.1. The largest absolute Gasteiger partial charge is 0.417 e. The topological polar surface area (TPSA) is 54.7 Å². The molecule has 0 aliphatic carbocycles. The van der Waals surface area contributed by atoms with Crippen LogP contribution < -0.4 is 0 Å². The molecule has 0 bridgehead atoms. The third-order valence-electron chi connectivity index (χ3n) is 4.01. The van der Waals surface area contributed by atoms with E-state index in [9.17, 15) is 17.6 Å². The van der Waals surface area contributed by atoms with Crippen LogP contribution in [0, 0.1) is 5.82 Å². The van der Waals surface area contributed by atoms with Gasteiger partial charge in [-0.05, 0) is 29.8 Å². The van der Waals surface area contributed by atoms with Crippen LogP contribution in [0.1, 0.15) is 17.0 Å². The van der Waals surface area contributed by atoms with Gasteiger partial charge < -0.3 is 9.51 Å². The van der Waals surface area contributed by atoms with Gasteiger partial charge in [-0.2, -0.15) is 18.2 Å². The Kier molecular flexibility index (Phi) is 3.75. The van der Waals surface area contributed by atoms with Crippen molar-refractivity contribution < 1.29 is 22.1 Å². The summed E-state index contributed by atoms with van der Waals surface area (Å²) in [6, 6.07) is 9.93. The molecule has 26 heavy (non-hydrogen) atoms. The van der Waals surface area contributed by atoms with E-state index in [2.05, 4.69) is 15.1 Å². The lowest BCUT2D eigenvalue weighted by molar-refractivity contribution is -0.137. The summed E-state index contributed by atoms with van der Waals surface area (Å²) in [5.41, 5.74) is 0.323. The SMILES string of the molecule is Fc1ccc(-c2nc(Cc3c[nH]c4ccccc34)no2)c(C(F)(F)F)c1. The maximum atomic E-state index is 13.2. The summed E-state index contributed by atoms with van der Waals surface area (Å²) in [6.45, 7) is 0. The van der Waals surface area contributed by atoms with Crippen LogP contribution in [0.3, 0.4) is 0 Å². The summed E-state index contributed by atoms with van der Waals surface area (Å²) in [5, 5.41) is 4.73. The van der Waals surface area contributed by atoms with Crippen molar-refractivity contribution in [1.29, 1.82) is 0 Å². The van der Waals surface area contributed by atoms with Crippen molar-refractivity contribution >= 4 is 10.9 Å². The fraction of sp³-hybridized carbons (Fsp3) is 0.111. The highest BCUT2D eigenvalue weighted by Gasteiger charge is 2.35. The summed E-state index contributed by atoms with van der Waals surface area (Å²) in [4.78, 5) is 7.16. The molecule has 132 valence electrons. The highest BCUT2D eigenvalue weighted by molar-refractivity contribution is 5.83. The zero-order valence-corrected chi connectivity index (χ0v) is 13.1. The van der Waals surface area contributed by atoms with Crippen molar-refractivity contribution in [1.82, 2.24) is 15.1 Å². The van der Waals surface area contributed by atoms with E-state index in [1.807, 2.05) is 24.3 Å². The fourth-order valence-electron chi connectivity index (χ4n) is 2.82. The Balaban J connectivity index is 1.69. The van der Waals surface area contributed by atoms with E-state index in [4.69, 9.17) is 4.52 Å². The molecule has 4 nitrogen and oxygen atoms in total. The first-order valence-corrected chi connectivity index (χ1v) is 7.66. The van der Waals surface area contributed by atoms with Crippen molar-refractivity contribution in [3.63, 3.8) is 0 Å². The van der Waals surface area contributed by atoms with E-state index in [-0.39, 0.29) is 23.7 Å². The first kappa shape index (κ1) is 16.3. The number of nitrogens with zero attached hydrogens (tertiary/aromatic N) is 2. The van der Waals surface area contributed by atoms with Crippen LogP contribution >= 0.6 is 0 Å². The average molecular weight is 361 g/mol. The Labute approximate surface area is 144 Å². The van der Waals surface area contributed by atoms with Crippen LogP contribution in [0.4, 0.5) is 17.6 Å². The normalized spacial score (nSPS) is 12.0. The number of para-hydroxylation sites is 1. The zero-order chi connectivity index (χ0) is 18.3. The lowest BCUT2D eigenvalue weighted by Gasteiger charge is -2.09. The van der Waals surface area contributed by atoms with Crippen LogP contribution in [0.25, 0.3) is 22.4 Å². The summed E-state index contributed by atoms with van der Waals surface area (Å²) in [5.74, 6) is -1.05. The van der Waals surface area contributed by atoms with Gasteiger partial charge in [0, 0.05) is 23.5 Å². The molecule has 2 aromatic carbocycles. The van der Waals surface area contributed by atoms with Gasteiger partial charge in [0.15, 0.2) is 5.82 Å². The van der Waals surface area contributed by atoms with Gasteiger partial charge in [0.2, 0.25) is 0 Å². The van der Waals surface area contributed by atoms with E-state index < -0.39 is 17.6 Å². The first-order valence-electron chi connectivity index (χ1n) is 7.66. The number of benzene rings is 2. The molecule has 0 spiro atoms. The monoisotopic (exact) mass is 361 g/mol. The number of aromatic nitrogens is 3. The molecular formula is C18H11F4N3O. The third kappa shape index (κ3) is 2.94. The lowest BCUT2D eigenvalue weighted by atomic mass is 10.1. The number of H-pyrrole nitrogens is 1. The van der Waals surface area contributed by atoms with Gasteiger partial charge in [-0.15, -0.1) is 0 Å². The predicted octanol–water partition coefficient (Wildman–Crippen LogP) is 4.97. The Morgan fingerprint density at radius 1 is 1.08 bits per heavy atom.